The van der Waals surface area contributed by atoms with Crippen molar-refractivity contribution in [3.63, 3.8) is 0 Å². The first-order chi connectivity index (χ1) is 9.26. The van der Waals surface area contributed by atoms with Crippen molar-refractivity contribution < 1.29 is 17.9 Å². The molecule has 112 valence electrons. The predicted octanol–water partition coefficient (Wildman–Crippen LogP) is 2.10. The summed E-state index contributed by atoms with van der Waals surface area (Å²) in [5.74, 6) is -0.630. The normalized spacial score (nSPS) is 11.4. The quantitative estimate of drug-likeness (QED) is 0.755. The van der Waals surface area contributed by atoms with Gasteiger partial charge >= 0.3 is 5.97 Å². The lowest BCUT2D eigenvalue weighted by atomic mass is 10.2. The number of rotatable bonds is 6. The van der Waals surface area contributed by atoms with Crippen molar-refractivity contribution in [3.8, 4) is 0 Å². The van der Waals surface area contributed by atoms with E-state index in [0.29, 0.717) is 5.69 Å². The zero-order chi connectivity index (χ0) is 15.3. The van der Waals surface area contributed by atoms with E-state index in [1.165, 1.54) is 0 Å². The fourth-order valence-corrected chi connectivity index (χ4v) is 2.76. The predicted molar refractivity (Wildman–Crippen MR) is 79.2 cm³/mol. The largest absolute Gasteiger partial charge is 0.462 e. The van der Waals surface area contributed by atoms with E-state index in [1.54, 1.807) is 39.0 Å². The molecule has 0 heterocycles. The van der Waals surface area contributed by atoms with Crippen LogP contribution >= 0.6 is 0 Å². The van der Waals surface area contributed by atoms with Gasteiger partial charge in [-0.1, -0.05) is 12.1 Å². The summed E-state index contributed by atoms with van der Waals surface area (Å²) < 4.78 is 30.4. The van der Waals surface area contributed by atoms with E-state index in [9.17, 15) is 13.2 Å². The van der Waals surface area contributed by atoms with E-state index in [0.717, 1.165) is 9.87 Å². The number of hydrogen-bond donors (Lipinski definition) is 0. The van der Waals surface area contributed by atoms with Crippen molar-refractivity contribution in [2.45, 2.75) is 33.8 Å². The number of anilines is 1. The Labute approximate surface area is 120 Å². The van der Waals surface area contributed by atoms with Crippen LogP contribution in [0.1, 0.15) is 26.3 Å². The molecule has 0 atom stereocenters. The molecule has 5 nitrogen and oxygen atoms in total. The van der Waals surface area contributed by atoms with Gasteiger partial charge in [0.05, 0.1) is 17.5 Å². The Bertz CT molecular complexity index is 566. The third-order valence-electron chi connectivity index (χ3n) is 2.63. The molecule has 0 amide bonds. The van der Waals surface area contributed by atoms with Gasteiger partial charge in [0, 0.05) is 0 Å². The van der Waals surface area contributed by atoms with E-state index < -0.39 is 16.0 Å². The lowest BCUT2D eigenvalue weighted by molar-refractivity contribution is -0.145. The van der Waals surface area contributed by atoms with Crippen molar-refractivity contribution in [1.82, 2.24) is 0 Å². The maximum atomic E-state index is 12.2. The molecule has 0 bridgehead atoms. The lowest BCUT2D eigenvalue weighted by Gasteiger charge is -2.23. The number of sulfonamides is 1. The van der Waals surface area contributed by atoms with E-state index in [-0.39, 0.29) is 18.4 Å². The summed E-state index contributed by atoms with van der Waals surface area (Å²) >= 11 is 0. The molecule has 0 aliphatic rings. The van der Waals surface area contributed by atoms with E-state index in [1.807, 2.05) is 13.0 Å². The smallest absolute Gasteiger partial charge is 0.327 e. The summed E-state index contributed by atoms with van der Waals surface area (Å²) in [6.45, 7) is 6.56. The highest BCUT2D eigenvalue weighted by Gasteiger charge is 2.24. The number of ether oxygens (including phenoxy) is 1. The second kappa shape index (κ2) is 6.74. The molecule has 0 saturated heterocycles. The Balaban J connectivity index is 3.07. The van der Waals surface area contributed by atoms with Crippen LogP contribution in [0.4, 0.5) is 5.69 Å². The second-order valence-electron chi connectivity index (χ2n) is 4.78. The highest BCUT2D eigenvalue weighted by Crippen LogP contribution is 2.19. The van der Waals surface area contributed by atoms with Crippen LogP contribution in [0.25, 0.3) is 0 Å². The summed E-state index contributed by atoms with van der Waals surface area (Å²) in [5.41, 5.74) is 1.41. The molecule has 0 unspecified atom stereocenters. The molecular formula is C14H21NO4S. The van der Waals surface area contributed by atoms with Gasteiger partial charge in [-0.3, -0.25) is 9.10 Å². The monoisotopic (exact) mass is 299 g/mol. The first-order valence-electron chi connectivity index (χ1n) is 6.53. The molecule has 20 heavy (non-hydrogen) atoms. The van der Waals surface area contributed by atoms with Crippen molar-refractivity contribution in [1.29, 1.82) is 0 Å². The van der Waals surface area contributed by atoms with Crippen LogP contribution in [0.15, 0.2) is 24.3 Å². The van der Waals surface area contributed by atoms with Crippen LogP contribution < -0.4 is 4.31 Å². The van der Waals surface area contributed by atoms with E-state index in [2.05, 4.69) is 0 Å². The summed E-state index contributed by atoms with van der Waals surface area (Å²) in [6.07, 6.45) is -0.272. The van der Waals surface area contributed by atoms with Gasteiger partial charge in [0.1, 0.15) is 6.54 Å². The Hall–Kier alpha value is -1.56. The fourth-order valence-electron chi connectivity index (χ4n) is 1.71. The van der Waals surface area contributed by atoms with Crippen LogP contribution in [0.5, 0.6) is 0 Å². The maximum absolute atomic E-state index is 12.2. The topological polar surface area (TPSA) is 63.7 Å². The SMILES string of the molecule is CCS(=O)(=O)N(CC(=O)OC(C)C)c1cccc(C)c1. The van der Waals surface area contributed by atoms with E-state index in [4.69, 9.17) is 4.74 Å². The van der Waals surface area contributed by atoms with Crippen molar-refractivity contribution in [2.75, 3.05) is 16.6 Å². The zero-order valence-electron chi connectivity index (χ0n) is 12.3. The molecule has 0 aliphatic heterocycles. The average molecular weight is 299 g/mol. The molecule has 0 saturated carbocycles. The van der Waals surface area contributed by atoms with Crippen molar-refractivity contribution in [3.05, 3.63) is 29.8 Å². The Morgan fingerprint density at radius 1 is 1.35 bits per heavy atom. The molecule has 0 spiro atoms. The van der Waals surface area contributed by atoms with Gasteiger partial charge in [-0.05, 0) is 45.4 Å². The van der Waals surface area contributed by atoms with Crippen LogP contribution in [0, 0.1) is 6.92 Å². The molecule has 0 fully saturated rings. The van der Waals surface area contributed by atoms with Gasteiger partial charge in [0.25, 0.3) is 0 Å². The number of esters is 1. The van der Waals surface area contributed by atoms with Crippen LogP contribution in [0.3, 0.4) is 0 Å². The Morgan fingerprint density at radius 2 is 2.00 bits per heavy atom. The molecular weight excluding hydrogens is 278 g/mol. The maximum Gasteiger partial charge on any atom is 0.327 e. The highest BCUT2D eigenvalue weighted by atomic mass is 32.2. The lowest BCUT2D eigenvalue weighted by Crippen LogP contribution is -2.38. The van der Waals surface area contributed by atoms with Gasteiger partial charge in [-0.25, -0.2) is 8.42 Å². The molecule has 0 N–H and O–H groups in total. The Morgan fingerprint density at radius 3 is 2.50 bits per heavy atom. The van der Waals surface area contributed by atoms with Crippen molar-refractivity contribution in [2.24, 2.45) is 0 Å². The molecule has 0 aromatic heterocycles. The average Bonchev–Trinajstić information content (AvgIpc) is 2.35. The van der Waals surface area contributed by atoms with Gasteiger partial charge in [-0.15, -0.1) is 0 Å². The molecule has 1 aromatic carbocycles. The first-order valence-corrected chi connectivity index (χ1v) is 8.13. The number of hydrogen-bond acceptors (Lipinski definition) is 4. The number of aryl methyl sites for hydroxylation is 1. The van der Waals surface area contributed by atoms with Crippen LogP contribution in [0.2, 0.25) is 0 Å². The molecule has 0 aliphatic carbocycles. The van der Waals surface area contributed by atoms with E-state index >= 15 is 0 Å². The van der Waals surface area contributed by atoms with Crippen LogP contribution in [-0.2, 0) is 19.6 Å². The summed E-state index contributed by atoms with van der Waals surface area (Å²) in [7, 11) is -3.53. The summed E-state index contributed by atoms with van der Waals surface area (Å²) in [6, 6.07) is 7.03. The number of carbonyl (C=O) groups is 1. The van der Waals surface area contributed by atoms with Gasteiger partial charge in [0.2, 0.25) is 10.0 Å². The zero-order valence-corrected chi connectivity index (χ0v) is 13.1. The Kier molecular flexibility index (Phi) is 5.56. The number of nitrogens with zero attached hydrogens (tertiary/aromatic N) is 1. The third kappa shape index (κ3) is 4.52. The number of benzene rings is 1. The minimum absolute atomic E-state index is 0.0735. The van der Waals surface area contributed by atoms with Gasteiger partial charge in [0.15, 0.2) is 0 Å². The molecule has 1 rings (SSSR count). The van der Waals surface area contributed by atoms with Gasteiger partial charge in [-0.2, -0.15) is 0 Å². The number of carbonyl (C=O) groups excluding carboxylic acids is 1. The first kappa shape index (κ1) is 16.5. The van der Waals surface area contributed by atoms with Crippen molar-refractivity contribution >= 4 is 21.7 Å². The second-order valence-corrected chi connectivity index (χ2v) is 6.97. The minimum Gasteiger partial charge on any atom is -0.462 e. The van der Waals surface area contributed by atoms with Crippen LogP contribution in [-0.4, -0.2) is 32.8 Å². The highest BCUT2D eigenvalue weighted by molar-refractivity contribution is 7.92. The summed E-state index contributed by atoms with van der Waals surface area (Å²) in [4.78, 5) is 11.8. The fraction of sp³-hybridized carbons (Fsp3) is 0.500. The molecule has 1 aromatic rings. The minimum atomic E-state index is -3.53. The molecule has 6 heteroatoms. The van der Waals surface area contributed by atoms with Gasteiger partial charge < -0.3 is 4.74 Å². The standard InChI is InChI=1S/C14H21NO4S/c1-5-20(17,18)15(10-14(16)19-11(2)3)13-8-6-7-12(4)9-13/h6-9,11H,5,10H2,1-4H3. The summed E-state index contributed by atoms with van der Waals surface area (Å²) in [5, 5.41) is 0. The molecule has 0 radical (unpaired) electrons. The third-order valence-corrected chi connectivity index (χ3v) is 4.37.